The minimum absolute atomic E-state index is 0.737. The van der Waals surface area contributed by atoms with Crippen molar-refractivity contribution in [1.82, 2.24) is 9.59 Å². The maximum Gasteiger partial charge on any atom is 0.0946 e. The summed E-state index contributed by atoms with van der Waals surface area (Å²) in [6.07, 6.45) is 0. The predicted octanol–water partition coefficient (Wildman–Crippen LogP) is 3.08. The number of anilines is 1. The van der Waals surface area contributed by atoms with Crippen molar-refractivity contribution < 1.29 is 0 Å². The van der Waals surface area contributed by atoms with Crippen LogP contribution < -0.4 is 5.32 Å². The van der Waals surface area contributed by atoms with E-state index in [1.54, 1.807) is 0 Å². The van der Waals surface area contributed by atoms with Crippen LogP contribution in [0.5, 0.6) is 0 Å². The van der Waals surface area contributed by atoms with E-state index in [2.05, 4.69) is 47.8 Å². The summed E-state index contributed by atoms with van der Waals surface area (Å²) in [6, 6.07) is 4.38. The smallest absolute Gasteiger partial charge is 0.0946 e. The number of rotatable bonds is 3. The van der Waals surface area contributed by atoms with Crippen molar-refractivity contribution >= 4 is 17.2 Å². The standard InChI is InChI=1S/C12H15N3S/c1-8-4-9(2)12(10(3)5-8)13-6-11-7-16-15-14-11/h4-5,7,13H,6H2,1-3H3. The Morgan fingerprint density at radius 1 is 1.19 bits per heavy atom. The van der Waals surface area contributed by atoms with Crippen LogP contribution in [0.3, 0.4) is 0 Å². The number of hydrogen-bond donors (Lipinski definition) is 1. The molecule has 0 radical (unpaired) electrons. The quantitative estimate of drug-likeness (QED) is 0.885. The molecular weight excluding hydrogens is 218 g/mol. The fourth-order valence-corrected chi connectivity index (χ4v) is 2.35. The minimum atomic E-state index is 0.737. The lowest BCUT2D eigenvalue weighted by Crippen LogP contribution is -2.03. The lowest BCUT2D eigenvalue weighted by Gasteiger charge is -2.12. The third-order valence-electron chi connectivity index (χ3n) is 2.53. The molecule has 16 heavy (non-hydrogen) atoms. The lowest BCUT2D eigenvalue weighted by atomic mass is 10.1. The van der Waals surface area contributed by atoms with Crippen LogP contribution in [-0.2, 0) is 6.54 Å². The second kappa shape index (κ2) is 4.61. The zero-order chi connectivity index (χ0) is 11.5. The first-order chi connectivity index (χ1) is 7.66. The van der Waals surface area contributed by atoms with Gasteiger partial charge in [-0.05, 0) is 43.4 Å². The fraction of sp³-hybridized carbons (Fsp3) is 0.333. The van der Waals surface area contributed by atoms with Gasteiger partial charge in [-0.2, -0.15) is 0 Å². The van der Waals surface area contributed by atoms with Crippen LogP contribution in [-0.4, -0.2) is 9.59 Å². The molecule has 1 heterocycles. The number of benzene rings is 1. The van der Waals surface area contributed by atoms with Gasteiger partial charge in [0.1, 0.15) is 0 Å². The fourth-order valence-electron chi connectivity index (χ4n) is 1.90. The molecule has 84 valence electrons. The van der Waals surface area contributed by atoms with E-state index in [0.717, 1.165) is 12.2 Å². The Balaban J connectivity index is 2.15. The third kappa shape index (κ3) is 2.39. The van der Waals surface area contributed by atoms with Crippen molar-refractivity contribution in [1.29, 1.82) is 0 Å². The number of hydrogen-bond acceptors (Lipinski definition) is 4. The SMILES string of the molecule is Cc1cc(C)c(NCc2csnn2)c(C)c1. The van der Waals surface area contributed by atoms with Gasteiger partial charge in [-0.3, -0.25) is 0 Å². The topological polar surface area (TPSA) is 37.8 Å². The molecule has 0 aliphatic heterocycles. The summed E-state index contributed by atoms with van der Waals surface area (Å²) in [6.45, 7) is 7.11. The molecule has 0 aliphatic rings. The van der Waals surface area contributed by atoms with Crippen molar-refractivity contribution in [3.63, 3.8) is 0 Å². The molecule has 0 saturated carbocycles. The van der Waals surface area contributed by atoms with Gasteiger partial charge in [0.25, 0.3) is 0 Å². The van der Waals surface area contributed by atoms with Gasteiger partial charge in [-0.1, -0.05) is 22.2 Å². The molecule has 2 aromatic rings. The van der Waals surface area contributed by atoms with E-state index in [9.17, 15) is 0 Å². The molecule has 1 N–H and O–H groups in total. The summed E-state index contributed by atoms with van der Waals surface area (Å²) in [5.74, 6) is 0. The minimum Gasteiger partial charge on any atom is -0.379 e. The van der Waals surface area contributed by atoms with Crippen molar-refractivity contribution in [3.05, 3.63) is 39.9 Å². The van der Waals surface area contributed by atoms with Gasteiger partial charge in [0.2, 0.25) is 0 Å². The van der Waals surface area contributed by atoms with Gasteiger partial charge >= 0.3 is 0 Å². The second-order valence-corrected chi connectivity index (χ2v) is 4.63. The van der Waals surface area contributed by atoms with Crippen LogP contribution in [0.15, 0.2) is 17.5 Å². The molecule has 0 spiro atoms. The highest BCUT2D eigenvalue weighted by molar-refractivity contribution is 7.03. The Bertz CT molecular complexity index is 454. The van der Waals surface area contributed by atoms with E-state index >= 15 is 0 Å². The number of aromatic nitrogens is 2. The van der Waals surface area contributed by atoms with Crippen LogP contribution in [0.25, 0.3) is 0 Å². The molecule has 2 rings (SSSR count). The maximum absolute atomic E-state index is 4.01. The highest BCUT2D eigenvalue weighted by Crippen LogP contribution is 2.22. The van der Waals surface area contributed by atoms with Crippen LogP contribution in [0.4, 0.5) is 5.69 Å². The van der Waals surface area contributed by atoms with Crippen molar-refractivity contribution in [2.75, 3.05) is 5.32 Å². The first-order valence-corrected chi connectivity index (χ1v) is 6.08. The third-order valence-corrected chi connectivity index (χ3v) is 3.08. The van der Waals surface area contributed by atoms with Gasteiger partial charge in [0, 0.05) is 11.1 Å². The van der Waals surface area contributed by atoms with E-state index in [1.807, 2.05) is 5.38 Å². The average molecular weight is 233 g/mol. The summed E-state index contributed by atoms with van der Waals surface area (Å²) in [4.78, 5) is 0. The summed E-state index contributed by atoms with van der Waals surface area (Å²) >= 11 is 1.38. The molecule has 0 fully saturated rings. The number of aryl methyl sites for hydroxylation is 3. The summed E-state index contributed by atoms with van der Waals surface area (Å²) in [5, 5.41) is 9.39. The van der Waals surface area contributed by atoms with E-state index < -0.39 is 0 Å². The molecule has 0 atom stereocenters. The molecule has 0 aliphatic carbocycles. The summed E-state index contributed by atoms with van der Waals surface area (Å²) < 4.78 is 3.85. The Hall–Kier alpha value is -1.42. The molecule has 4 heteroatoms. The second-order valence-electron chi connectivity index (χ2n) is 4.02. The Morgan fingerprint density at radius 3 is 2.44 bits per heavy atom. The van der Waals surface area contributed by atoms with E-state index in [1.165, 1.54) is 33.9 Å². The molecular formula is C12H15N3S. The largest absolute Gasteiger partial charge is 0.379 e. The normalized spacial score (nSPS) is 10.4. The van der Waals surface area contributed by atoms with Gasteiger partial charge in [-0.25, -0.2) is 0 Å². The zero-order valence-electron chi connectivity index (χ0n) is 9.74. The van der Waals surface area contributed by atoms with Gasteiger partial charge in [0.15, 0.2) is 0 Å². The Morgan fingerprint density at radius 2 is 1.88 bits per heavy atom. The van der Waals surface area contributed by atoms with Crippen LogP contribution >= 0.6 is 11.5 Å². The highest BCUT2D eigenvalue weighted by Gasteiger charge is 2.04. The van der Waals surface area contributed by atoms with Crippen LogP contribution in [0.2, 0.25) is 0 Å². The summed E-state index contributed by atoms with van der Waals surface area (Å²) in [5.41, 5.74) is 6.06. The molecule has 1 aromatic heterocycles. The van der Waals surface area contributed by atoms with Crippen LogP contribution in [0, 0.1) is 20.8 Å². The number of nitrogens with one attached hydrogen (secondary N) is 1. The monoisotopic (exact) mass is 233 g/mol. The van der Waals surface area contributed by atoms with Crippen LogP contribution in [0.1, 0.15) is 22.4 Å². The zero-order valence-corrected chi connectivity index (χ0v) is 10.6. The molecule has 0 bridgehead atoms. The maximum atomic E-state index is 4.01. The Labute approximate surface area is 99.7 Å². The first-order valence-electron chi connectivity index (χ1n) is 5.24. The highest BCUT2D eigenvalue weighted by atomic mass is 32.1. The van der Waals surface area contributed by atoms with Crippen molar-refractivity contribution in [3.8, 4) is 0 Å². The predicted molar refractivity (Wildman–Crippen MR) is 67.9 cm³/mol. The van der Waals surface area contributed by atoms with E-state index in [0.29, 0.717) is 0 Å². The molecule has 0 saturated heterocycles. The van der Waals surface area contributed by atoms with E-state index in [-0.39, 0.29) is 0 Å². The number of nitrogens with zero attached hydrogens (tertiary/aromatic N) is 2. The van der Waals surface area contributed by atoms with Gasteiger partial charge < -0.3 is 5.32 Å². The summed E-state index contributed by atoms with van der Waals surface area (Å²) in [7, 11) is 0. The molecule has 0 amide bonds. The van der Waals surface area contributed by atoms with Crippen molar-refractivity contribution in [2.24, 2.45) is 0 Å². The van der Waals surface area contributed by atoms with Gasteiger partial charge in [0.05, 0.1) is 12.2 Å². The lowest BCUT2D eigenvalue weighted by molar-refractivity contribution is 0.994. The first kappa shape index (κ1) is 11.1. The van der Waals surface area contributed by atoms with Gasteiger partial charge in [-0.15, -0.1) is 5.10 Å². The molecule has 3 nitrogen and oxygen atoms in total. The van der Waals surface area contributed by atoms with E-state index in [4.69, 9.17) is 0 Å². The molecule has 1 aromatic carbocycles. The molecule has 0 unspecified atom stereocenters. The average Bonchev–Trinajstić information content (AvgIpc) is 2.68. The van der Waals surface area contributed by atoms with Crippen molar-refractivity contribution in [2.45, 2.75) is 27.3 Å². The Kier molecular flexibility index (Phi) is 3.19.